The van der Waals surface area contributed by atoms with Crippen LogP contribution >= 0.6 is 27.7 Å². The molecule has 4 rings (SSSR count). The summed E-state index contributed by atoms with van der Waals surface area (Å²) in [5.41, 5.74) is 1.85. The Balaban J connectivity index is 1.59. The Morgan fingerprint density at radius 2 is 1.84 bits per heavy atom. The number of benzene rings is 3. The zero-order chi connectivity index (χ0) is 22.5. The minimum Gasteiger partial charge on any atom is -0.497 e. The van der Waals surface area contributed by atoms with Gasteiger partial charge in [0.25, 0.3) is 0 Å². The number of nitrogens with zero attached hydrogens (tertiary/aromatic N) is 3. The molecule has 32 heavy (non-hydrogen) atoms. The van der Waals surface area contributed by atoms with Gasteiger partial charge in [0, 0.05) is 15.7 Å². The second-order valence-corrected chi connectivity index (χ2v) is 8.52. The molecule has 0 saturated heterocycles. The van der Waals surface area contributed by atoms with Crippen LogP contribution < -0.4 is 10.1 Å². The summed E-state index contributed by atoms with van der Waals surface area (Å²) in [5, 5.41) is 11.8. The summed E-state index contributed by atoms with van der Waals surface area (Å²) in [7, 11) is 1.61. The molecule has 1 heterocycles. The van der Waals surface area contributed by atoms with Gasteiger partial charge in [-0.1, -0.05) is 58.0 Å². The van der Waals surface area contributed by atoms with Gasteiger partial charge in [0.2, 0.25) is 5.91 Å². The van der Waals surface area contributed by atoms with E-state index in [1.807, 2.05) is 59.2 Å². The molecule has 0 saturated carbocycles. The highest BCUT2D eigenvalue weighted by molar-refractivity contribution is 9.10. The first-order valence-electron chi connectivity index (χ1n) is 9.58. The highest BCUT2D eigenvalue weighted by Gasteiger charge is 2.18. The maximum absolute atomic E-state index is 14.0. The van der Waals surface area contributed by atoms with Crippen molar-refractivity contribution in [1.82, 2.24) is 14.8 Å². The van der Waals surface area contributed by atoms with Crippen molar-refractivity contribution >= 4 is 39.3 Å². The van der Waals surface area contributed by atoms with Crippen molar-refractivity contribution in [1.29, 1.82) is 0 Å². The smallest absolute Gasteiger partial charge is 0.234 e. The third kappa shape index (κ3) is 5.00. The van der Waals surface area contributed by atoms with E-state index in [4.69, 9.17) is 4.74 Å². The molecule has 0 aliphatic rings. The molecule has 6 nitrogen and oxygen atoms in total. The van der Waals surface area contributed by atoms with Crippen molar-refractivity contribution in [3.8, 4) is 22.8 Å². The second kappa shape index (κ2) is 9.97. The average molecular weight is 513 g/mol. The lowest BCUT2D eigenvalue weighted by molar-refractivity contribution is -0.113. The van der Waals surface area contributed by atoms with Crippen LogP contribution in [0.3, 0.4) is 0 Å². The van der Waals surface area contributed by atoms with Crippen LogP contribution in [0.15, 0.2) is 82.4 Å². The SMILES string of the molecule is COc1ccc(-n2c(SCC(=O)Nc3ccc(Br)cc3F)nnc2-c2ccccc2)cc1. The van der Waals surface area contributed by atoms with Gasteiger partial charge >= 0.3 is 0 Å². The Hall–Kier alpha value is -3.17. The van der Waals surface area contributed by atoms with E-state index < -0.39 is 5.82 Å². The molecule has 0 aliphatic carbocycles. The summed E-state index contributed by atoms with van der Waals surface area (Å²) in [6.07, 6.45) is 0. The lowest BCUT2D eigenvalue weighted by Crippen LogP contribution is -2.15. The largest absolute Gasteiger partial charge is 0.497 e. The van der Waals surface area contributed by atoms with Gasteiger partial charge in [-0.3, -0.25) is 9.36 Å². The maximum atomic E-state index is 14.0. The number of carbonyl (C=O) groups excluding carboxylic acids is 1. The van der Waals surface area contributed by atoms with Crippen molar-refractivity contribution in [2.45, 2.75) is 5.16 Å². The molecule has 0 fully saturated rings. The van der Waals surface area contributed by atoms with Crippen LogP contribution in [0.1, 0.15) is 0 Å². The normalized spacial score (nSPS) is 10.7. The van der Waals surface area contributed by atoms with E-state index >= 15 is 0 Å². The Labute approximate surface area is 197 Å². The fourth-order valence-electron chi connectivity index (χ4n) is 3.01. The summed E-state index contributed by atoms with van der Waals surface area (Å²) in [5.74, 6) is 0.566. The Morgan fingerprint density at radius 1 is 1.09 bits per heavy atom. The number of thioether (sulfide) groups is 1. The zero-order valence-corrected chi connectivity index (χ0v) is 19.4. The lowest BCUT2D eigenvalue weighted by Gasteiger charge is -2.11. The number of amides is 1. The Bertz CT molecular complexity index is 1230. The molecule has 0 radical (unpaired) electrons. The van der Waals surface area contributed by atoms with E-state index in [0.717, 1.165) is 17.0 Å². The predicted molar refractivity (Wildman–Crippen MR) is 127 cm³/mol. The molecular formula is C23H18BrFN4O2S. The summed E-state index contributed by atoms with van der Waals surface area (Å²) in [6, 6.07) is 21.6. The monoisotopic (exact) mass is 512 g/mol. The van der Waals surface area contributed by atoms with Crippen LogP contribution in [0.2, 0.25) is 0 Å². The molecular weight excluding hydrogens is 495 g/mol. The van der Waals surface area contributed by atoms with Crippen molar-refractivity contribution < 1.29 is 13.9 Å². The molecule has 1 amide bonds. The molecule has 0 bridgehead atoms. The van der Waals surface area contributed by atoms with E-state index in [9.17, 15) is 9.18 Å². The third-order valence-corrected chi connectivity index (χ3v) is 5.96. The van der Waals surface area contributed by atoms with Crippen molar-refractivity contribution in [3.63, 3.8) is 0 Å². The van der Waals surface area contributed by atoms with Crippen molar-refractivity contribution in [2.75, 3.05) is 18.2 Å². The van der Waals surface area contributed by atoms with Gasteiger partial charge in [0.1, 0.15) is 11.6 Å². The van der Waals surface area contributed by atoms with Crippen LogP contribution in [0.4, 0.5) is 10.1 Å². The molecule has 9 heteroatoms. The number of ether oxygens (including phenoxy) is 1. The van der Waals surface area contributed by atoms with Crippen LogP contribution in [-0.2, 0) is 4.79 Å². The maximum Gasteiger partial charge on any atom is 0.234 e. The number of anilines is 1. The fraction of sp³-hybridized carbons (Fsp3) is 0.0870. The zero-order valence-electron chi connectivity index (χ0n) is 17.0. The van der Waals surface area contributed by atoms with Gasteiger partial charge < -0.3 is 10.1 Å². The number of hydrogen-bond acceptors (Lipinski definition) is 5. The average Bonchev–Trinajstić information content (AvgIpc) is 3.24. The summed E-state index contributed by atoms with van der Waals surface area (Å²) < 4.78 is 21.8. The Kier molecular flexibility index (Phi) is 6.87. The van der Waals surface area contributed by atoms with Crippen LogP contribution in [0.25, 0.3) is 17.1 Å². The molecule has 162 valence electrons. The number of nitrogens with one attached hydrogen (secondary N) is 1. The van der Waals surface area contributed by atoms with E-state index in [0.29, 0.717) is 15.5 Å². The highest BCUT2D eigenvalue weighted by atomic mass is 79.9. The van der Waals surface area contributed by atoms with E-state index in [-0.39, 0.29) is 17.3 Å². The summed E-state index contributed by atoms with van der Waals surface area (Å²) >= 11 is 4.42. The predicted octanol–water partition coefficient (Wildman–Crippen LogP) is 5.58. The first-order valence-corrected chi connectivity index (χ1v) is 11.4. The second-order valence-electron chi connectivity index (χ2n) is 6.67. The van der Waals surface area contributed by atoms with E-state index in [1.54, 1.807) is 13.2 Å². The van der Waals surface area contributed by atoms with Crippen molar-refractivity contribution in [2.24, 2.45) is 0 Å². The first-order chi connectivity index (χ1) is 15.5. The molecule has 0 atom stereocenters. The van der Waals surface area contributed by atoms with E-state index in [2.05, 4.69) is 31.4 Å². The topological polar surface area (TPSA) is 69.0 Å². The minimum absolute atomic E-state index is 0.0403. The standard InChI is InChI=1S/C23H18BrFN4O2S/c1-31-18-10-8-17(9-11-18)29-22(15-5-3-2-4-6-15)27-28-23(29)32-14-21(30)26-20-12-7-16(24)13-19(20)25/h2-13H,14H2,1H3,(H,26,30). The minimum atomic E-state index is -0.509. The first kappa shape index (κ1) is 22.0. The molecule has 1 N–H and O–H groups in total. The van der Waals surface area contributed by atoms with Crippen LogP contribution in [0, 0.1) is 5.82 Å². The Morgan fingerprint density at radius 3 is 2.53 bits per heavy atom. The molecule has 1 aromatic heterocycles. The summed E-state index contributed by atoms with van der Waals surface area (Å²) in [4.78, 5) is 12.4. The van der Waals surface area contributed by atoms with Gasteiger partial charge in [-0.15, -0.1) is 10.2 Å². The number of carbonyl (C=O) groups is 1. The van der Waals surface area contributed by atoms with Crippen LogP contribution in [0.5, 0.6) is 5.75 Å². The molecule has 0 aliphatic heterocycles. The van der Waals surface area contributed by atoms with Crippen LogP contribution in [-0.4, -0.2) is 33.5 Å². The van der Waals surface area contributed by atoms with Crippen molar-refractivity contribution in [3.05, 3.63) is 83.1 Å². The van der Waals surface area contributed by atoms with Gasteiger partial charge in [0.15, 0.2) is 11.0 Å². The molecule has 0 spiro atoms. The number of hydrogen-bond donors (Lipinski definition) is 1. The van der Waals surface area contributed by atoms with Gasteiger partial charge in [0.05, 0.1) is 18.6 Å². The molecule has 0 unspecified atom stereocenters. The quantitative estimate of drug-likeness (QED) is 0.327. The number of rotatable bonds is 7. The number of halogens is 2. The van der Waals surface area contributed by atoms with Gasteiger partial charge in [-0.2, -0.15) is 0 Å². The molecule has 4 aromatic rings. The lowest BCUT2D eigenvalue weighted by atomic mass is 10.2. The number of methoxy groups -OCH3 is 1. The number of aromatic nitrogens is 3. The van der Waals surface area contributed by atoms with E-state index in [1.165, 1.54) is 23.9 Å². The highest BCUT2D eigenvalue weighted by Crippen LogP contribution is 2.29. The van der Waals surface area contributed by atoms with Gasteiger partial charge in [-0.25, -0.2) is 4.39 Å². The summed E-state index contributed by atoms with van der Waals surface area (Å²) in [6.45, 7) is 0. The molecule has 3 aromatic carbocycles. The van der Waals surface area contributed by atoms with Gasteiger partial charge in [-0.05, 0) is 42.5 Å². The third-order valence-electron chi connectivity index (χ3n) is 4.53. The fourth-order valence-corrected chi connectivity index (χ4v) is 4.09.